The molecule has 2 heterocycles. The second kappa shape index (κ2) is 5.00. The van der Waals surface area contributed by atoms with Crippen LogP contribution >= 0.6 is 0 Å². The molecule has 0 bridgehead atoms. The van der Waals surface area contributed by atoms with Crippen molar-refractivity contribution in [2.24, 2.45) is 7.05 Å². The topological polar surface area (TPSA) is 64.2 Å². The molecule has 5 nitrogen and oxygen atoms in total. The fourth-order valence-electron chi connectivity index (χ4n) is 2.76. The lowest BCUT2D eigenvalue weighted by atomic mass is 9.99. The molecule has 1 aliphatic heterocycles. The Morgan fingerprint density at radius 3 is 2.78 bits per heavy atom. The van der Waals surface area contributed by atoms with Gasteiger partial charge in [0.15, 0.2) is 0 Å². The molecule has 18 heavy (non-hydrogen) atoms. The molecule has 1 aromatic rings. The molecule has 0 spiro atoms. The fourth-order valence-corrected chi connectivity index (χ4v) is 2.76. The van der Waals surface area contributed by atoms with E-state index < -0.39 is 0 Å². The number of piperidine rings is 1. The predicted octanol–water partition coefficient (Wildman–Crippen LogP) is 1.72. The van der Waals surface area contributed by atoms with Gasteiger partial charge in [0.05, 0.1) is 11.4 Å². The molecule has 0 saturated carbocycles. The monoisotopic (exact) mass is 250 g/mol. The summed E-state index contributed by atoms with van der Waals surface area (Å²) in [7, 11) is 1.78. The van der Waals surface area contributed by atoms with Crippen LogP contribution in [0, 0.1) is 6.92 Å². The van der Waals surface area contributed by atoms with Gasteiger partial charge >= 0.3 is 0 Å². The van der Waals surface area contributed by atoms with Crippen molar-refractivity contribution in [3.05, 3.63) is 11.4 Å². The third kappa shape index (κ3) is 2.09. The van der Waals surface area contributed by atoms with E-state index in [0.29, 0.717) is 17.4 Å². The van der Waals surface area contributed by atoms with E-state index in [9.17, 15) is 4.79 Å². The van der Waals surface area contributed by atoms with Crippen molar-refractivity contribution in [3.8, 4) is 0 Å². The second-order valence-electron chi connectivity index (χ2n) is 5.03. The van der Waals surface area contributed by atoms with Crippen LogP contribution in [-0.2, 0) is 7.05 Å². The number of aryl methyl sites for hydroxylation is 2. The van der Waals surface area contributed by atoms with Gasteiger partial charge in [-0.25, -0.2) is 0 Å². The summed E-state index contributed by atoms with van der Waals surface area (Å²) >= 11 is 0. The average Bonchev–Trinajstić information content (AvgIpc) is 2.62. The first-order valence-electron chi connectivity index (χ1n) is 6.66. The number of hydrogen-bond donors (Lipinski definition) is 1. The van der Waals surface area contributed by atoms with Gasteiger partial charge in [0.2, 0.25) is 0 Å². The number of nitrogens with two attached hydrogens (primary N) is 1. The highest BCUT2D eigenvalue weighted by Gasteiger charge is 2.29. The molecule has 0 radical (unpaired) electrons. The lowest BCUT2D eigenvalue weighted by Gasteiger charge is -2.35. The minimum Gasteiger partial charge on any atom is -0.395 e. The summed E-state index contributed by atoms with van der Waals surface area (Å²) < 4.78 is 1.61. The molecule has 1 saturated heterocycles. The van der Waals surface area contributed by atoms with Gasteiger partial charge in [-0.3, -0.25) is 9.48 Å². The van der Waals surface area contributed by atoms with Crippen molar-refractivity contribution in [1.29, 1.82) is 0 Å². The van der Waals surface area contributed by atoms with Gasteiger partial charge in [-0.15, -0.1) is 0 Å². The number of hydrogen-bond acceptors (Lipinski definition) is 3. The Labute approximate surface area is 108 Å². The molecule has 1 fully saturated rings. The minimum atomic E-state index is 0.0298. The van der Waals surface area contributed by atoms with Crippen LogP contribution in [0.3, 0.4) is 0 Å². The highest BCUT2D eigenvalue weighted by Crippen LogP contribution is 2.24. The highest BCUT2D eigenvalue weighted by molar-refractivity contribution is 5.98. The largest absolute Gasteiger partial charge is 0.395 e. The lowest BCUT2D eigenvalue weighted by Crippen LogP contribution is -2.44. The SMILES string of the molecule is CCC1CCCCN1C(=O)c1c(N)c(C)nn1C. The number of anilines is 1. The van der Waals surface area contributed by atoms with Crippen LogP contribution in [0.25, 0.3) is 0 Å². The molecule has 2 N–H and O–H groups in total. The zero-order valence-corrected chi connectivity index (χ0v) is 11.4. The van der Waals surface area contributed by atoms with Gasteiger partial charge in [0.1, 0.15) is 5.69 Å². The van der Waals surface area contributed by atoms with E-state index in [1.165, 1.54) is 6.42 Å². The Morgan fingerprint density at radius 2 is 2.22 bits per heavy atom. The van der Waals surface area contributed by atoms with E-state index in [2.05, 4.69) is 12.0 Å². The fraction of sp³-hybridized carbons (Fsp3) is 0.692. The number of amides is 1. The Hall–Kier alpha value is -1.52. The Bertz CT molecular complexity index is 452. The molecule has 1 unspecified atom stereocenters. The van der Waals surface area contributed by atoms with Gasteiger partial charge in [0.25, 0.3) is 5.91 Å². The summed E-state index contributed by atoms with van der Waals surface area (Å²) in [6.07, 6.45) is 4.39. The Morgan fingerprint density at radius 1 is 1.50 bits per heavy atom. The number of rotatable bonds is 2. The summed E-state index contributed by atoms with van der Waals surface area (Å²) in [5.41, 5.74) is 7.75. The van der Waals surface area contributed by atoms with Crippen LogP contribution in [0.1, 0.15) is 48.8 Å². The third-order valence-corrected chi connectivity index (χ3v) is 3.83. The molecule has 1 atom stereocenters. The van der Waals surface area contributed by atoms with Crippen LogP contribution in [0.4, 0.5) is 5.69 Å². The Kier molecular flexibility index (Phi) is 3.59. The van der Waals surface area contributed by atoms with Gasteiger partial charge in [0, 0.05) is 19.6 Å². The van der Waals surface area contributed by atoms with Crippen molar-refractivity contribution in [2.75, 3.05) is 12.3 Å². The molecule has 0 aliphatic carbocycles. The van der Waals surface area contributed by atoms with Gasteiger partial charge in [-0.1, -0.05) is 6.92 Å². The molecule has 100 valence electrons. The first-order chi connectivity index (χ1) is 8.56. The summed E-state index contributed by atoms with van der Waals surface area (Å²) in [6, 6.07) is 0.348. The average molecular weight is 250 g/mol. The van der Waals surface area contributed by atoms with E-state index in [4.69, 9.17) is 5.73 Å². The maximum Gasteiger partial charge on any atom is 0.274 e. The number of carbonyl (C=O) groups excluding carboxylic acids is 1. The van der Waals surface area contributed by atoms with Crippen LogP contribution in [0.2, 0.25) is 0 Å². The van der Waals surface area contributed by atoms with E-state index in [-0.39, 0.29) is 5.91 Å². The van der Waals surface area contributed by atoms with Crippen molar-refractivity contribution in [1.82, 2.24) is 14.7 Å². The van der Waals surface area contributed by atoms with Crippen LogP contribution in [0.15, 0.2) is 0 Å². The summed E-state index contributed by atoms with van der Waals surface area (Å²) in [5.74, 6) is 0.0298. The molecule has 2 rings (SSSR count). The maximum atomic E-state index is 12.6. The molecular weight excluding hydrogens is 228 g/mol. The van der Waals surface area contributed by atoms with Crippen LogP contribution in [0.5, 0.6) is 0 Å². The quantitative estimate of drug-likeness (QED) is 0.869. The van der Waals surface area contributed by atoms with Gasteiger partial charge < -0.3 is 10.6 Å². The molecule has 1 amide bonds. The van der Waals surface area contributed by atoms with Crippen LogP contribution < -0.4 is 5.73 Å². The molecule has 5 heteroatoms. The number of nitrogen functional groups attached to an aromatic ring is 1. The van der Waals surface area contributed by atoms with E-state index in [1.54, 1.807) is 11.7 Å². The normalized spacial score (nSPS) is 20.2. The molecular formula is C13H22N4O. The first kappa shape index (κ1) is 12.9. The van der Waals surface area contributed by atoms with Gasteiger partial charge in [-0.2, -0.15) is 5.10 Å². The summed E-state index contributed by atoms with van der Waals surface area (Å²) in [6.45, 7) is 4.80. The van der Waals surface area contributed by atoms with Crippen LogP contribution in [-0.4, -0.2) is 33.2 Å². The van der Waals surface area contributed by atoms with E-state index in [1.807, 2.05) is 11.8 Å². The number of aromatic nitrogens is 2. The molecule has 0 aromatic carbocycles. The maximum absolute atomic E-state index is 12.6. The zero-order valence-electron chi connectivity index (χ0n) is 11.4. The number of nitrogens with zero attached hydrogens (tertiary/aromatic N) is 3. The Balaban J connectivity index is 2.29. The van der Waals surface area contributed by atoms with Crippen molar-refractivity contribution >= 4 is 11.6 Å². The van der Waals surface area contributed by atoms with Crippen molar-refractivity contribution in [2.45, 2.75) is 45.6 Å². The highest BCUT2D eigenvalue weighted by atomic mass is 16.2. The van der Waals surface area contributed by atoms with E-state index >= 15 is 0 Å². The van der Waals surface area contributed by atoms with E-state index in [0.717, 1.165) is 31.5 Å². The van der Waals surface area contributed by atoms with Crippen molar-refractivity contribution in [3.63, 3.8) is 0 Å². The molecule has 1 aromatic heterocycles. The summed E-state index contributed by atoms with van der Waals surface area (Å²) in [4.78, 5) is 14.6. The lowest BCUT2D eigenvalue weighted by molar-refractivity contribution is 0.0598. The number of likely N-dealkylation sites (tertiary alicyclic amines) is 1. The smallest absolute Gasteiger partial charge is 0.274 e. The minimum absolute atomic E-state index is 0.0298. The third-order valence-electron chi connectivity index (χ3n) is 3.83. The first-order valence-corrected chi connectivity index (χ1v) is 6.66. The molecule has 1 aliphatic rings. The second-order valence-corrected chi connectivity index (χ2v) is 5.03. The standard InChI is InChI=1S/C13H22N4O/c1-4-10-7-5-6-8-17(10)13(18)12-11(14)9(2)15-16(12)3/h10H,4-8,14H2,1-3H3. The predicted molar refractivity (Wildman–Crippen MR) is 71.3 cm³/mol. The summed E-state index contributed by atoms with van der Waals surface area (Å²) in [5, 5.41) is 4.22. The van der Waals surface area contributed by atoms with Gasteiger partial charge in [-0.05, 0) is 32.6 Å². The number of carbonyl (C=O) groups is 1. The zero-order chi connectivity index (χ0) is 13.3. The van der Waals surface area contributed by atoms with Crippen molar-refractivity contribution < 1.29 is 4.79 Å².